The van der Waals surface area contributed by atoms with Gasteiger partial charge in [-0.2, -0.15) is 0 Å². The van der Waals surface area contributed by atoms with E-state index < -0.39 is 0 Å². The van der Waals surface area contributed by atoms with E-state index in [1.807, 2.05) is 0 Å². The van der Waals surface area contributed by atoms with Crippen molar-refractivity contribution in [3.05, 3.63) is 59.4 Å². The molecule has 1 heterocycles. The fraction of sp³-hybridized carbons (Fsp3) is 0.267. The molecule has 0 fully saturated rings. The third-order valence-corrected chi connectivity index (χ3v) is 3.26. The van der Waals surface area contributed by atoms with Crippen molar-refractivity contribution in [3.8, 4) is 0 Å². The third-order valence-electron chi connectivity index (χ3n) is 3.26. The topological polar surface area (TPSA) is 46.1 Å². The number of carbonyl (C=O) groups excluding carboxylic acids is 1. The first-order valence-corrected chi connectivity index (χ1v) is 6.31. The maximum absolute atomic E-state index is 13.8. The van der Waals surface area contributed by atoms with Crippen molar-refractivity contribution in [2.45, 2.75) is 19.9 Å². The van der Waals surface area contributed by atoms with E-state index in [1.54, 1.807) is 39.1 Å². The van der Waals surface area contributed by atoms with Crippen molar-refractivity contribution < 1.29 is 9.18 Å². The minimum atomic E-state index is -0.383. The maximum atomic E-state index is 13.8. The zero-order chi connectivity index (χ0) is 14.7. The fourth-order valence-corrected chi connectivity index (χ4v) is 1.88. The predicted molar refractivity (Wildman–Crippen MR) is 73.7 cm³/mol. The quantitative estimate of drug-likeness (QED) is 0.863. The van der Waals surface area contributed by atoms with Gasteiger partial charge in [-0.1, -0.05) is 18.2 Å². The number of aryl methyl sites for hydroxylation is 1. The third kappa shape index (κ3) is 2.82. The summed E-state index contributed by atoms with van der Waals surface area (Å²) in [7, 11) is 1.63. The molecule has 1 atom stereocenters. The second-order valence-electron chi connectivity index (χ2n) is 4.66. The molecule has 0 aliphatic rings. The van der Waals surface area contributed by atoms with E-state index in [9.17, 15) is 9.18 Å². The summed E-state index contributed by atoms with van der Waals surface area (Å²) in [5.41, 5.74) is 1.47. The summed E-state index contributed by atoms with van der Waals surface area (Å²) in [4.78, 5) is 21.8. The van der Waals surface area contributed by atoms with Crippen LogP contribution in [0.2, 0.25) is 0 Å². The van der Waals surface area contributed by atoms with E-state index in [1.165, 1.54) is 23.4 Å². The SMILES string of the molecule is Cc1cnc(C(=O)N(C)C(C)c2ccccc2F)cn1. The second-order valence-corrected chi connectivity index (χ2v) is 4.66. The number of rotatable bonds is 3. The lowest BCUT2D eigenvalue weighted by atomic mass is 10.1. The van der Waals surface area contributed by atoms with Gasteiger partial charge in [-0.25, -0.2) is 9.37 Å². The van der Waals surface area contributed by atoms with Crippen LogP contribution in [0.3, 0.4) is 0 Å². The van der Waals surface area contributed by atoms with Gasteiger partial charge in [-0.05, 0) is 19.9 Å². The van der Waals surface area contributed by atoms with Crippen LogP contribution in [0.1, 0.15) is 34.7 Å². The van der Waals surface area contributed by atoms with E-state index in [0.717, 1.165) is 5.69 Å². The molecule has 5 heteroatoms. The summed E-state index contributed by atoms with van der Waals surface area (Å²) in [6.45, 7) is 3.57. The smallest absolute Gasteiger partial charge is 0.274 e. The van der Waals surface area contributed by atoms with Crippen LogP contribution in [0.15, 0.2) is 36.7 Å². The van der Waals surface area contributed by atoms with Gasteiger partial charge in [0.2, 0.25) is 0 Å². The Balaban J connectivity index is 2.22. The highest BCUT2D eigenvalue weighted by atomic mass is 19.1. The Kier molecular flexibility index (Phi) is 4.08. The van der Waals surface area contributed by atoms with Crippen molar-refractivity contribution >= 4 is 5.91 Å². The van der Waals surface area contributed by atoms with Gasteiger partial charge < -0.3 is 4.90 Å². The van der Waals surface area contributed by atoms with Crippen molar-refractivity contribution in [2.24, 2.45) is 0 Å². The number of hydrogen-bond donors (Lipinski definition) is 0. The summed E-state index contributed by atoms with van der Waals surface area (Å²) in [6.07, 6.45) is 2.97. The molecule has 2 rings (SSSR count). The molecule has 1 amide bonds. The largest absolute Gasteiger partial charge is 0.333 e. The summed E-state index contributed by atoms with van der Waals surface area (Å²) >= 11 is 0. The number of benzene rings is 1. The molecule has 0 aliphatic carbocycles. The first kappa shape index (κ1) is 14.1. The molecule has 0 N–H and O–H groups in total. The van der Waals surface area contributed by atoms with Gasteiger partial charge in [0.25, 0.3) is 5.91 Å². The standard InChI is InChI=1S/C15H16FN3O/c1-10-8-18-14(9-17-10)15(20)19(3)11(2)12-6-4-5-7-13(12)16/h4-9,11H,1-3H3. The number of halogens is 1. The summed E-state index contributed by atoms with van der Waals surface area (Å²) in [6, 6.07) is 6.05. The van der Waals surface area contributed by atoms with Gasteiger partial charge in [-0.3, -0.25) is 9.78 Å². The molecule has 0 bridgehead atoms. The van der Waals surface area contributed by atoms with Gasteiger partial charge in [-0.15, -0.1) is 0 Å². The molecule has 104 valence electrons. The number of aromatic nitrogens is 2. The monoisotopic (exact) mass is 273 g/mol. The highest BCUT2D eigenvalue weighted by Crippen LogP contribution is 2.22. The molecule has 0 aliphatic heterocycles. The minimum absolute atomic E-state index is 0.251. The second kappa shape index (κ2) is 5.77. The van der Waals surface area contributed by atoms with Crippen LogP contribution >= 0.6 is 0 Å². The van der Waals surface area contributed by atoms with Gasteiger partial charge in [0.05, 0.1) is 17.9 Å². The zero-order valence-electron chi connectivity index (χ0n) is 11.7. The normalized spacial score (nSPS) is 12.0. The molecule has 0 saturated carbocycles. The molecule has 0 radical (unpaired) electrons. The molecule has 1 unspecified atom stereocenters. The molecule has 1 aromatic heterocycles. The molecule has 20 heavy (non-hydrogen) atoms. The van der Waals surface area contributed by atoms with Crippen molar-refractivity contribution in [1.29, 1.82) is 0 Å². The van der Waals surface area contributed by atoms with Crippen molar-refractivity contribution in [2.75, 3.05) is 7.05 Å². The molecular formula is C15H16FN3O. The molecule has 2 aromatic rings. The molecule has 4 nitrogen and oxygen atoms in total. The average molecular weight is 273 g/mol. The fourth-order valence-electron chi connectivity index (χ4n) is 1.88. The Bertz CT molecular complexity index is 613. The van der Waals surface area contributed by atoms with E-state index >= 15 is 0 Å². The van der Waals surface area contributed by atoms with Crippen LogP contribution in [0.25, 0.3) is 0 Å². The van der Waals surface area contributed by atoms with Crippen LogP contribution in [0.5, 0.6) is 0 Å². The first-order valence-electron chi connectivity index (χ1n) is 6.31. The predicted octanol–water partition coefficient (Wildman–Crippen LogP) is 2.76. The number of hydrogen-bond acceptors (Lipinski definition) is 3. The van der Waals surface area contributed by atoms with Gasteiger partial charge in [0.1, 0.15) is 11.5 Å². The molecule has 1 aromatic carbocycles. The van der Waals surface area contributed by atoms with Crippen LogP contribution < -0.4 is 0 Å². The average Bonchev–Trinajstić information content (AvgIpc) is 2.46. The summed E-state index contributed by atoms with van der Waals surface area (Å²) in [5, 5.41) is 0. The number of amides is 1. The Hall–Kier alpha value is -2.30. The molecular weight excluding hydrogens is 257 g/mol. The van der Waals surface area contributed by atoms with E-state index in [4.69, 9.17) is 0 Å². The van der Waals surface area contributed by atoms with Crippen LogP contribution in [-0.4, -0.2) is 27.8 Å². The van der Waals surface area contributed by atoms with Crippen LogP contribution in [0, 0.1) is 12.7 Å². The number of carbonyl (C=O) groups is 1. The Morgan fingerprint density at radius 3 is 2.55 bits per heavy atom. The highest BCUT2D eigenvalue weighted by Gasteiger charge is 2.22. The lowest BCUT2D eigenvalue weighted by molar-refractivity contribution is 0.0734. The Labute approximate surface area is 117 Å². The summed E-state index contributed by atoms with van der Waals surface area (Å²) in [5.74, 6) is -0.608. The van der Waals surface area contributed by atoms with Crippen LogP contribution in [0.4, 0.5) is 4.39 Å². The van der Waals surface area contributed by atoms with Gasteiger partial charge in [0.15, 0.2) is 0 Å². The van der Waals surface area contributed by atoms with E-state index in [2.05, 4.69) is 9.97 Å². The van der Waals surface area contributed by atoms with Gasteiger partial charge in [0, 0.05) is 18.8 Å². The number of nitrogens with zero attached hydrogens (tertiary/aromatic N) is 3. The van der Waals surface area contributed by atoms with Crippen LogP contribution in [-0.2, 0) is 0 Å². The minimum Gasteiger partial charge on any atom is -0.333 e. The van der Waals surface area contributed by atoms with Gasteiger partial charge >= 0.3 is 0 Å². The van der Waals surface area contributed by atoms with E-state index in [0.29, 0.717) is 5.56 Å². The lowest BCUT2D eigenvalue weighted by Gasteiger charge is -2.25. The zero-order valence-corrected chi connectivity index (χ0v) is 11.7. The van der Waals surface area contributed by atoms with E-state index in [-0.39, 0.29) is 23.5 Å². The summed E-state index contributed by atoms with van der Waals surface area (Å²) < 4.78 is 13.8. The maximum Gasteiger partial charge on any atom is 0.274 e. The van der Waals surface area contributed by atoms with Crippen molar-refractivity contribution in [3.63, 3.8) is 0 Å². The Morgan fingerprint density at radius 1 is 1.25 bits per heavy atom. The highest BCUT2D eigenvalue weighted by molar-refractivity contribution is 5.92. The molecule has 0 spiro atoms. The van der Waals surface area contributed by atoms with Crippen molar-refractivity contribution in [1.82, 2.24) is 14.9 Å². The lowest BCUT2D eigenvalue weighted by Crippen LogP contribution is -2.30. The Morgan fingerprint density at radius 2 is 1.95 bits per heavy atom. The first-order chi connectivity index (χ1) is 9.50. The molecule has 0 saturated heterocycles.